The zero-order valence-electron chi connectivity index (χ0n) is 13.8. The van der Waals surface area contributed by atoms with E-state index in [1.165, 1.54) is 11.6 Å². The predicted octanol–water partition coefficient (Wildman–Crippen LogP) is 4.63. The van der Waals surface area contributed by atoms with Crippen molar-refractivity contribution >= 4 is 11.7 Å². The lowest BCUT2D eigenvalue weighted by molar-refractivity contribution is 0.183. The Labute approximate surface area is 139 Å². The third-order valence-corrected chi connectivity index (χ3v) is 3.40. The van der Waals surface area contributed by atoms with Gasteiger partial charge in [0, 0.05) is 0 Å². The Balaban J connectivity index is 1.92. The molecule has 0 bridgehead atoms. The summed E-state index contributed by atoms with van der Waals surface area (Å²) in [7, 11) is 0. The second-order valence-corrected chi connectivity index (χ2v) is 5.68. The Kier molecular flexibility index (Phi) is 5.73. The molecule has 24 heavy (non-hydrogen) atoms. The quantitative estimate of drug-likeness (QED) is 0.783. The number of hydrogen-bond donors (Lipinski definition) is 2. The fourth-order valence-electron chi connectivity index (χ4n) is 2.12. The first-order valence-corrected chi connectivity index (χ1v) is 7.65. The van der Waals surface area contributed by atoms with Crippen molar-refractivity contribution in [3.05, 3.63) is 59.7 Å². The van der Waals surface area contributed by atoms with E-state index in [0.717, 1.165) is 12.1 Å². The van der Waals surface area contributed by atoms with Gasteiger partial charge in [-0.15, -0.1) is 0 Å². The lowest BCUT2D eigenvalue weighted by atomic mass is 10.0. The Morgan fingerprint density at radius 3 is 2.12 bits per heavy atom. The van der Waals surface area contributed by atoms with Crippen molar-refractivity contribution in [3.8, 4) is 5.75 Å². The van der Waals surface area contributed by atoms with Crippen molar-refractivity contribution < 1.29 is 18.3 Å². The van der Waals surface area contributed by atoms with Crippen LogP contribution in [0.2, 0.25) is 0 Å². The highest BCUT2D eigenvalue weighted by Gasteiger charge is 2.14. The molecule has 0 aliphatic rings. The molecular weight excluding hydrogens is 314 g/mol. The van der Waals surface area contributed by atoms with Crippen LogP contribution in [0.15, 0.2) is 42.5 Å². The summed E-state index contributed by atoms with van der Waals surface area (Å²) in [5.74, 6) is -0.689. The van der Waals surface area contributed by atoms with Gasteiger partial charge >= 0.3 is 6.03 Å². The average Bonchev–Trinajstić information content (AvgIpc) is 2.51. The van der Waals surface area contributed by atoms with E-state index in [-0.39, 0.29) is 0 Å². The number of carbonyl (C=O) groups excluding carboxylic acids is 1. The van der Waals surface area contributed by atoms with Crippen LogP contribution in [-0.2, 0) is 0 Å². The molecule has 0 spiro atoms. The lowest BCUT2D eigenvalue weighted by Gasteiger charge is -2.17. The molecule has 2 aromatic rings. The molecule has 0 heterocycles. The molecule has 2 amide bonds. The molecule has 1 atom stereocenters. The fraction of sp³-hybridized carbons (Fsp3) is 0.278. The maximum Gasteiger partial charge on any atom is 0.322 e. The summed E-state index contributed by atoms with van der Waals surface area (Å²) in [5, 5.41) is 4.60. The molecule has 0 saturated heterocycles. The number of rotatable bonds is 5. The van der Waals surface area contributed by atoms with Gasteiger partial charge in [-0.25, -0.2) is 13.6 Å². The van der Waals surface area contributed by atoms with Crippen LogP contribution < -0.4 is 15.4 Å². The Bertz CT molecular complexity index is 682. The van der Waals surface area contributed by atoms with Crippen molar-refractivity contribution in [1.29, 1.82) is 0 Å². The number of ether oxygens (including phenoxy) is 1. The molecule has 2 aromatic carbocycles. The first-order valence-electron chi connectivity index (χ1n) is 7.65. The minimum Gasteiger partial charge on any atom is -0.471 e. The lowest BCUT2D eigenvalue weighted by Crippen LogP contribution is -2.39. The minimum absolute atomic E-state index is 0.413. The molecule has 2 N–H and O–H groups in total. The van der Waals surface area contributed by atoms with Gasteiger partial charge in [0.1, 0.15) is 23.1 Å². The average molecular weight is 334 g/mol. The molecule has 1 unspecified atom stereocenters. The molecule has 0 aliphatic carbocycles. The number of carbonyl (C=O) groups is 1. The molecule has 0 radical (unpaired) electrons. The molecule has 4 nitrogen and oxygen atoms in total. The van der Waals surface area contributed by atoms with Gasteiger partial charge in [-0.3, -0.25) is 0 Å². The van der Waals surface area contributed by atoms with Crippen LogP contribution in [0.4, 0.5) is 19.3 Å². The number of anilines is 1. The number of halogens is 2. The fourth-order valence-corrected chi connectivity index (χ4v) is 2.12. The zero-order valence-corrected chi connectivity index (χ0v) is 13.8. The highest BCUT2D eigenvalue weighted by molar-refractivity contribution is 5.89. The molecular formula is C18H20F2N2O2. The van der Waals surface area contributed by atoms with E-state index in [1.807, 2.05) is 24.3 Å². The van der Waals surface area contributed by atoms with Crippen LogP contribution in [0.1, 0.15) is 32.3 Å². The predicted molar refractivity (Wildman–Crippen MR) is 89.1 cm³/mol. The largest absolute Gasteiger partial charge is 0.471 e. The minimum atomic E-state index is -0.844. The number of urea groups is 1. The first kappa shape index (κ1) is 17.7. The van der Waals surface area contributed by atoms with Crippen LogP contribution in [0.25, 0.3) is 0 Å². The van der Waals surface area contributed by atoms with Gasteiger partial charge < -0.3 is 15.4 Å². The molecule has 0 fully saturated rings. The molecule has 0 saturated carbocycles. The second-order valence-electron chi connectivity index (χ2n) is 5.68. The van der Waals surface area contributed by atoms with Crippen LogP contribution in [0.5, 0.6) is 5.75 Å². The number of para-hydroxylation sites is 1. The number of nitrogens with one attached hydrogen (secondary N) is 2. The molecule has 128 valence electrons. The molecule has 6 heteroatoms. The van der Waals surface area contributed by atoms with Gasteiger partial charge in [0.15, 0.2) is 6.23 Å². The van der Waals surface area contributed by atoms with E-state index >= 15 is 0 Å². The van der Waals surface area contributed by atoms with E-state index in [9.17, 15) is 13.6 Å². The normalized spacial score (nSPS) is 11.9. The zero-order chi connectivity index (χ0) is 17.7. The van der Waals surface area contributed by atoms with Crippen molar-refractivity contribution in [1.82, 2.24) is 5.32 Å². The van der Waals surface area contributed by atoms with E-state index in [2.05, 4.69) is 24.5 Å². The van der Waals surface area contributed by atoms with Gasteiger partial charge in [-0.05, 0) is 42.7 Å². The Hall–Kier alpha value is -2.63. The summed E-state index contributed by atoms with van der Waals surface area (Å²) in [6.45, 7) is 5.80. The van der Waals surface area contributed by atoms with Crippen LogP contribution in [0, 0.1) is 11.6 Å². The van der Waals surface area contributed by atoms with Gasteiger partial charge in [-0.1, -0.05) is 32.0 Å². The number of benzene rings is 2. The summed E-state index contributed by atoms with van der Waals surface area (Å²) >= 11 is 0. The van der Waals surface area contributed by atoms with E-state index in [4.69, 9.17) is 4.74 Å². The van der Waals surface area contributed by atoms with Crippen molar-refractivity contribution in [3.63, 3.8) is 0 Å². The summed E-state index contributed by atoms with van der Waals surface area (Å²) in [4.78, 5) is 11.8. The topological polar surface area (TPSA) is 50.4 Å². The van der Waals surface area contributed by atoms with Crippen molar-refractivity contribution in [2.75, 3.05) is 5.32 Å². The Morgan fingerprint density at radius 2 is 1.58 bits per heavy atom. The van der Waals surface area contributed by atoms with Crippen LogP contribution in [0.3, 0.4) is 0 Å². The summed E-state index contributed by atoms with van der Waals surface area (Å²) in [6.07, 6.45) is -0.676. The van der Waals surface area contributed by atoms with Gasteiger partial charge in [-0.2, -0.15) is 0 Å². The van der Waals surface area contributed by atoms with Gasteiger partial charge in [0.25, 0.3) is 0 Å². The third-order valence-electron chi connectivity index (χ3n) is 3.40. The first-order chi connectivity index (χ1) is 11.4. The van der Waals surface area contributed by atoms with Gasteiger partial charge in [0.05, 0.1) is 0 Å². The maximum absolute atomic E-state index is 13.5. The van der Waals surface area contributed by atoms with Crippen LogP contribution in [-0.4, -0.2) is 12.3 Å². The highest BCUT2D eigenvalue weighted by Crippen LogP contribution is 2.20. The number of hydrogen-bond acceptors (Lipinski definition) is 2. The maximum atomic E-state index is 13.5. The van der Waals surface area contributed by atoms with Crippen molar-refractivity contribution in [2.45, 2.75) is 32.9 Å². The highest BCUT2D eigenvalue weighted by atomic mass is 19.1. The molecule has 2 rings (SSSR count). The third kappa shape index (κ3) is 4.68. The van der Waals surface area contributed by atoms with E-state index in [1.54, 1.807) is 6.92 Å². The summed E-state index contributed by atoms with van der Waals surface area (Å²) < 4.78 is 32.5. The standard InChI is InChI=1S/C18H20F2N2O2/c1-11(2)13-7-9-14(10-8-13)24-12(3)21-18(23)22-17-15(19)5-4-6-16(17)20/h4-12H,1-3H3,(H2,21,22,23). The monoisotopic (exact) mass is 334 g/mol. The SMILES string of the molecule is CC(NC(=O)Nc1c(F)cccc1F)Oc1ccc(C(C)C)cc1. The molecule has 0 aromatic heterocycles. The number of amides is 2. The smallest absolute Gasteiger partial charge is 0.322 e. The summed E-state index contributed by atoms with van der Waals surface area (Å²) in [6, 6.07) is 10.1. The van der Waals surface area contributed by atoms with Gasteiger partial charge in [0.2, 0.25) is 0 Å². The summed E-state index contributed by atoms with van der Waals surface area (Å²) in [5.41, 5.74) is 0.680. The molecule has 0 aliphatic heterocycles. The van der Waals surface area contributed by atoms with Crippen LogP contribution >= 0.6 is 0 Å². The van der Waals surface area contributed by atoms with Crippen molar-refractivity contribution in [2.24, 2.45) is 0 Å². The van der Waals surface area contributed by atoms with E-state index in [0.29, 0.717) is 11.7 Å². The second kappa shape index (κ2) is 7.77. The van der Waals surface area contributed by atoms with E-state index < -0.39 is 29.6 Å². The Morgan fingerprint density at radius 1 is 1.00 bits per heavy atom.